The number of methoxy groups -OCH3 is 1. The van der Waals surface area contributed by atoms with Gasteiger partial charge in [0.05, 0.1) is 24.8 Å². The topological polar surface area (TPSA) is 129 Å². The van der Waals surface area contributed by atoms with E-state index in [2.05, 4.69) is 9.99 Å². The number of hydrogen-bond acceptors (Lipinski definition) is 10. The van der Waals surface area contributed by atoms with Gasteiger partial charge in [0.15, 0.2) is 0 Å². The quantitative estimate of drug-likeness (QED) is 0.198. The van der Waals surface area contributed by atoms with Crippen molar-refractivity contribution in [3.8, 4) is 0 Å². The second kappa shape index (κ2) is 11.8. The number of aliphatic hydroxyl groups excluding tert-OH is 1. The Morgan fingerprint density at radius 1 is 0.938 bits per heavy atom. The highest BCUT2D eigenvalue weighted by molar-refractivity contribution is 7.99. The molecule has 0 bridgehead atoms. The number of esters is 2. The van der Waals surface area contributed by atoms with E-state index in [9.17, 15) is 19.2 Å². The predicted molar refractivity (Wildman–Crippen MR) is 115 cm³/mol. The zero-order valence-corrected chi connectivity index (χ0v) is 18.4. The van der Waals surface area contributed by atoms with Crippen LogP contribution in [0.2, 0.25) is 0 Å². The molecule has 32 heavy (non-hydrogen) atoms. The highest BCUT2D eigenvalue weighted by Gasteiger charge is 2.21. The molecule has 0 unspecified atom stereocenters. The summed E-state index contributed by atoms with van der Waals surface area (Å²) in [6.07, 6.45) is 0. The molecule has 2 aromatic carbocycles. The first-order chi connectivity index (χ1) is 15.3. The van der Waals surface area contributed by atoms with E-state index in [0.29, 0.717) is 10.5 Å². The van der Waals surface area contributed by atoms with E-state index < -0.39 is 23.7 Å². The molecule has 0 heterocycles. The molecule has 10 heteroatoms. The number of ether oxygens (including phenoxy) is 2. The second-order valence-electron chi connectivity index (χ2n) is 6.27. The fraction of sp³-hybridized carbons (Fsp3) is 0.227. The van der Waals surface area contributed by atoms with Gasteiger partial charge in [-0.25, -0.2) is 14.4 Å². The fourth-order valence-corrected chi connectivity index (χ4v) is 3.31. The number of hydrogen-bond donors (Lipinski definition) is 1. The van der Waals surface area contributed by atoms with Crippen molar-refractivity contribution in [3.63, 3.8) is 0 Å². The van der Waals surface area contributed by atoms with Crippen LogP contribution in [0.4, 0.5) is 0 Å². The molecule has 2 rings (SSSR count). The van der Waals surface area contributed by atoms with E-state index in [-0.39, 0.29) is 30.1 Å². The average Bonchev–Trinajstić information content (AvgIpc) is 2.80. The Balaban J connectivity index is 2.26. The minimum absolute atomic E-state index is 0.0316. The molecule has 0 aliphatic carbocycles. The molecule has 0 spiro atoms. The Morgan fingerprint density at radius 3 is 2.19 bits per heavy atom. The van der Waals surface area contributed by atoms with E-state index in [4.69, 9.17) is 14.6 Å². The highest BCUT2D eigenvalue weighted by atomic mass is 32.2. The average molecular weight is 459 g/mol. The molecular weight excluding hydrogens is 438 g/mol. The van der Waals surface area contributed by atoms with E-state index >= 15 is 0 Å². The van der Waals surface area contributed by atoms with Crippen molar-refractivity contribution >= 4 is 41.2 Å². The van der Waals surface area contributed by atoms with E-state index in [1.165, 1.54) is 37.9 Å². The van der Waals surface area contributed by atoms with Crippen LogP contribution in [0.15, 0.2) is 57.4 Å². The number of carbonyl (C=O) groups is 4. The molecule has 168 valence electrons. The van der Waals surface area contributed by atoms with Gasteiger partial charge in [-0.05, 0) is 49.4 Å². The van der Waals surface area contributed by atoms with Crippen LogP contribution < -0.4 is 0 Å². The van der Waals surface area contributed by atoms with Crippen LogP contribution in [0.3, 0.4) is 0 Å². The summed E-state index contributed by atoms with van der Waals surface area (Å²) < 4.78 is 9.65. The first-order valence-electron chi connectivity index (χ1n) is 9.32. The third-order valence-electron chi connectivity index (χ3n) is 3.93. The first kappa shape index (κ1) is 24.8. The lowest BCUT2D eigenvalue weighted by atomic mass is 10.0. The van der Waals surface area contributed by atoms with Crippen molar-refractivity contribution in [2.75, 3.05) is 20.3 Å². The molecule has 0 radical (unpaired) electrons. The molecule has 0 amide bonds. The zero-order valence-electron chi connectivity index (χ0n) is 17.6. The molecule has 0 aliphatic rings. The normalized spacial score (nSPS) is 10.9. The maximum absolute atomic E-state index is 12.6. The number of aliphatic hydroxyl groups is 1. The van der Waals surface area contributed by atoms with Gasteiger partial charge in [-0.15, -0.1) is 0 Å². The van der Waals surface area contributed by atoms with E-state index in [1.807, 2.05) is 0 Å². The Morgan fingerprint density at radius 2 is 1.59 bits per heavy atom. The van der Waals surface area contributed by atoms with Crippen molar-refractivity contribution in [1.29, 1.82) is 0 Å². The lowest BCUT2D eigenvalue weighted by Gasteiger charge is -2.10. The summed E-state index contributed by atoms with van der Waals surface area (Å²) in [6, 6.07) is 11.2. The Hall–Kier alpha value is -3.50. The molecule has 0 atom stereocenters. The number of carbonyl (C=O) groups excluding carboxylic acids is 4. The summed E-state index contributed by atoms with van der Waals surface area (Å²) in [4.78, 5) is 53.5. The van der Waals surface area contributed by atoms with Crippen LogP contribution in [0.1, 0.15) is 44.9 Å². The third-order valence-corrected chi connectivity index (χ3v) is 4.93. The van der Waals surface area contributed by atoms with Crippen LogP contribution in [0, 0.1) is 0 Å². The van der Waals surface area contributed by atoms with Gasteiger partial charge in [0.2, 0.25) is 5.78 Å². The molecule has 1 N–H and O–H groups in total. The molecule has 9 nitrogen and oxygen atoms in total. The molecular formula is C22H21NO8S. The summed E-state index contributed by atoms with van der Waals surface area (Å²) >= 11 is 1.30. The summed E-state index contributed by atoms with van der Waals surface area (Å²) in [7, 11) is 1.20. The van der Waals surface area contributed by atoms with Crippen molar-refractivity contribution < 1.29 is 38.6 Å². The molecule has 0 aromatic heterocycles. The number of benzene rings is 2. The Bertz CT molecular complexity index is 1050. The standard InChI is InChI=1S/C22H21NO8S/c1-13(23-31-14(2)25)20(26)18-9-8-17(12-19(18)22(28)29-3)32-16-6-4-15(5-7-16)21(27)30-11-10-24/h4-9,12,24H,10-11H2,1-3H3/b23-13+. The van der Waals surface area contributed by atoms with Gasteiger partial charge in [-0.2, -0.15) is 0 Å². The smallest absolute Gasteiger partial charge is 0.338 e. The predicted octanol–water partition coefficient (Wildman–Crippen LogP) is 2.90. The summed E-state index contributed by atoms with van der Waals surface area (Å²) in [5.41, 5.74) is 0.316. The van der Waals surface area contributed by atoms with Gasteiger partial charge in [-0.3, -0.25) is 4.79 Å². The van der Waals surface area contributed by atoms with Crippen LogP contribution in [-0.4, -0.2) is 54.8 Å². The maximum Gasteiger partial charge on any atom is 0.338 e. The molecule has 0 saturated heterocycles. The SMILES string of the molecule is COC(=O)c1cc(Sc2ccc(C(=O)OCCO)cc2)ccc1C(=O)/C(C)=N/OC(C)=O. The summed E-state index contributed by atoms with van der Waals surface area (Å²) in [5, 5.41) is 12.2. The number of rotatable bonds is 9. The second-order valence-corrected chi connectivity index (χ2v) is 7.42. The van der Waals surface area contributed by atoms with E-state index in [1.54, 1.807) is 30.3 Å². The largest absolute Gasteiger partial charge is 0.465 e. The Kier molecular flexibility index (Phi) is 9.11. The van der Waals surface area contributed by atoms with Gasteiger partial charge in [0.1, 0.15) is 12.3 Å². The Labute approximate surface area is 188 Å². The minimum atomic E-state index is -0.710. The van der Waals surface area contributed by atoms with Crippen molar-refractivity contribution in [2.45, 2.75) is 23.6 Å². The van der Waals surface area contributed by atoms with Crippen LogP contribution >= 0.6 is 11.8 Å². The van der Waals surface area contributed by atoms with Gasteiger partial charge >= 0.3 is 17.9 Å². The molecule has 2 aromatic rings. The summed E-state index contributed by atoms with van der Waals surface area (Å²) in [6.45, 7) is 2.18. The van der Waals surface area contributed by atoms with Crippen molar-refractivity contribution in [1.82, 2.24) is 0 Å². The lowest BCUT2D eigenvalue weighted by Crippen LogP contribution is -2.17. The third kappa shape index (κ3) is 6.76. The van der Waals surface area contributed by atoms with Crippen LogP contribution in [-0.2, 0) is 19.1 Å². The number of ketones is 1. The highest BCUT2D eigenvalue weighted by Crippen LogP contribution is 2.30. The minimum Gasteiger partial charge on any atom is -0.465 e. The first-order valence-corrected chi connectivity index (χ1v) is 10.1. The number of nitrogens with zero attached hydrogens (tertiary/aromatic N) is 1. The molecule has 0 aliphatic heterocycles. The van der Waals surface area contributed by atoms with Crippen LogP contribution in [0.25, 0.3) is 0 Å². The fourth-order valence-electron chi connectivity index (χ4n) is 2.45. The van der Waals surface area contributed by atoms with Gasteiger partial charge in [0.25, 0.3) is 0 Å². The van der Waals surface area contributed by atoms with Gasteiger partial charge in [0, 0.05) is 22.3 Å². The van der Waals surface area contributed by atoms with E-state index in [0.717, 1.165) is 11.8 Å². The monoisotopic (exact) mass is 459 g/mol. The maximum atomic E-state index is 12.6. The number of oxime groups is 1. The lowest BCUT2D eigenvalue weighted by molar-refractivity contribution is -0.140. The molecule has 0 saturated carbocycles. The van der Waals surface area contributed by atoms with Crippen molar-refractivity contribution in [2.24, 2.45) is 5.16 Å². The molecule has 0 fully saturated rings. The summed E-state index contributed by atoms with van der Waals surface area (Å²) in [5.74, 6) is -2.52. The van der Waals surface area contributed by atoms with Gasteiger partial charge in [-0.1, -0.05) is 16.9 Å². The van der Waals surface area contributed by atoms with Gasteiger partial charge < -0.3 is 19.4 Å². The number of Topliss-reactive ketones (excluding diaryl/α,β-unsaturated/α-hetero) is 1. The van der Waals surface area contributed by atoms with Crippen molar-refractivity contribution in [3.05, 3.63) is 59.2 Å². The van der Waals surface area contributed by atoms with Crippen LogP contribution in [0.5, 0.6) is 0 Å². The zero-order chi connectivity index (χ0) is 23.7.